The highest BCUT2D eigenvalue weighted by atomic mass is 19.1. The molecule has 0 aromatic rings. The van der Waals surface area contributed by atoms with Gasteiger partial charge < -0.3 is 10.6 Å². The van der Waals surface area contributed by atoms with Gasteiger partial charge in [-0.25, -0.2) is 4.39 Å². The molecule has 0 saturated carbocycles. The second kappa shape index (κ2) is 2.96. The predicted octanol–water partition coefficient (Wildman–Crippen LogP) is 0.769. The molecular weight excluding hydrogens is 155 g/mol. The quantitative estimate of drug-likeness (QED) is 0.633. The maximum absolute atomic E-state index is 14.1. The molecule has 2 nitrogen and oxygen atoms in total. The van der Waals surface area contributed by atoms with E-state index >= 15 is 0 Å². The molecule has 3 aliphatic heterocycles. The second-order valence-electron chi connectivity index (χ2n) is 4.10. The van der Waals surface area contributed by atoms with Crippen molar-refractivity contribution in [3.05, 3.63) is 0 Å². The molecule has 0 aromatic carbocycles. The molecule has 3 rings (SSSR count). The van der Waals surface area contributed by atoms with Crippen LogP contribution in [0.15, 0.2) is 0 Å². The molecule has 70 valence electrons. The third-order valence-corrected chi connectivity index (χ3v) is 3.50. The number of nitrogens with zero attached hydrogens (tertiary/aromatic N) is 1. The van der Waals surface area contributed by atoms with E-state index in [0.717, 1.165) is 32.5 Å². The van der Waals surface area contributed by atoms with Crippen LogP contribution in [0.3, 0.4) is 0 Å². The zero-order valence-electron chi connectivity index (χ0n) is 7.43. The highest BCUT2D eigenvalue weighted by Crippen LogP contribution is 2.37. The molecule has 0 amide bonds. The fraction of sp³-hybridized carbons (Fsp3) is 1.00. The van der Waals surface area contributed by atoms with Crippen molar-refractivity contribution in [1.29, 1.82) is 0 Å². The number of piperidine rings is 1. The highest BCUT2D eigenvalue weighted by molar-refractivity contribution is 4.95. The number of nitrogens with two attached hydrogens (primary N) is 1. The highest BCUT2D eigenvalue weighted by Gasteiger charge is 2.42. The van der Waals surface area contributed by atoms with Crippen LogP contribution >= 0.6 is 0 Å². The molecule has 3 heterocycles. The Hall–Kier alpha value is -0.150. The van der Waals surface area contributed by atoms with Crippen LogP contribution in [0, 0.1) is 5.92 Å². The summed E-state index contributed by atoms with van der Waals surface area (Å²) in [5, 5.41) is 0. The normalized spacial score (nSPS) is 47.5. The van der Waals surface area contributed by atoms with Gasteiger partial charge in [-0.2, -0.15) is 0 Å². The fourth-order valence-corrected chi connectivity index (χ4v) is 2.49. The van der Waals surface area contributed by atoms with Crippen molar-refractivity contribution in [3.8, 4) is 0 Å². The lowest BCUT2D eigenvalue weighted by atomic mass is 9.82. The minimum Gasteiger partial charge on any atom is -0.328 e. The first-order valence-electron chi connectivity index (χ1n) is 4.86. The Morgan fingerprint density at radius 1 is 1.33 bits per heavy atom. The van der Waals surface area contributed by atoms with E-state index in [9.17, 15) is 4.39 Å². The van der Waals surface area contributed by atoms with Gasteiger partial charge in [0.15, 0.2) is 0 Å². The number of hydrogen-bond donors (Lipinski definition) is 1. The van der Waals surface area contributed by atoms with E-state index in [1.54, 1.807) is 0 Å². The van der Waals surface area contributed by atoms with Crippen molar-refractivity contribution in [2.75, 3.05) is 26.2 Å². The molecule has 1 unspecified atom stereocenters. The summed E-state index contributed by atoms with van der Waals surface area (Å²) in [6.45, 7) is 3.28. The maximum atomic E-state index is 14.1. The third-order valence-electron chi connectivity index (χ3n) is 3.50. The maximum Gasteiger partial charge on any atom is 0.127 e. The lowest BCUT2D eigenvalue weighted by molar-refractivity contribution is 0.0790. The molecule has 12 heavy (non-hydrogen) atoms. The SMILES string of the molecule is NCC1(F)CCN2CCC1CC2. The van der Waals surface area contributed by atoms with Crippen LogP contribution in [0.1, 0.15) is 19.3 Å². The summed E-state index contributed by atoms with van der Waals surface area (Å²) in [6, 6.07) is 0. The van der Waals surface area contributed by atoms with Crippen molar-refractivity contribution in [3.63, 3.8) is 0 Å². The van der Waals surface area contributed by atoms with Crippen molar-refractivity contribution in [2.45, 2.75) is 24.9 Å². The van der Waals surface area contributed by atoms with E-state index in [-0.39, 0.29) is 12.5 Å². The van der Waals surface area contributed by atoms with E-state index in [1.807, 2.05) is 0 Å². The van der Waals surface area contributed by atoms with E-state index in [2.05, 4.69) is 4.90 Å². The average molecular weight is 172 g/mol. The Balaban J connectivity index is 2.15. The molecule has 2 bridgehead atoms. The number of alkyl halides is 1. The molecule has 0 aromatic heterocycles. The summed E-state index contributed by atoms with van der Waals surface area (Å²) in [4.78, 5) is 2.35. The Morgan fingerprint density at radius 3 is 2.58 bits per heavy atom. The van der Waals surface area contributed by atoms with Gasteiger partial charge in [-0.15, -0.1) is 0 Å². The largest absolute Gasteiger partial charge is 0.328 e. The van der Waals surface area contributed by atoms with Gasteiger partial charge in [0.2, 0.25) is 0 Å². The van der Waals surface area contributed by atoms with Crippen LogP contribution < -0.4 is 5.73 Å². The molecule has 1 atom stereocenters. The van der Waals surface area contributed by atoms with Crippen molar-refractivity contribution in [1.82, 2.24) is 4.90 Å². The minimum atomic E-state index is -1.05. The summed E-state index contributed by atoms with van der Waals surface area (Å²) in [5.41, 5.74) is 4.45. The molecule has 3 fully saturated rings. The number of fused-ring (bicyclic) bond motifs is 4. The molecule has 2 N–H and O–H groups in total. The third kappa shape index (κ3) is 1.25. The van der Waals surface area contributed by atoms with E-state index < -0.39 is 5.67 Å². The van der Waals surface area contributed by atoms with E-state index in [4.69, 9.17) is 5.73 Å². The van der Waals surface area contributed by atoms with Crippen molar-refractivity contribution in [2.24, 2.45) is 11.7 Å². The number of halogens is 1. The Kier molecular flexibility index (Phi) is 2.09. The van der Waals surface area contributed by atoms with Crippen LogP contribution in [0.5, 0.6) is 0 Å². The molecule has 3 heteroatoms. The summed E-state index contributed by atoms with van der Waals surface area (Å²) in [7, 11) is 0. The topological polar surface area (TPSA) is 29.3 Å². The van der Waals surface area contributed by atoms with Crippen LogP contribution in [0.25, 0.3) is 0 Å². The van der Waals surface area contributed by atoms with Gasteiger partial charge in [-0.1, -0.05) is 0 Å². The van der Waals surface area contributed by atoms with Crippen LogP contribution in [0.4, 0.5) is 4.39 Å². The van der Waals surface area contributed by atoms with Crippen LogP contribution in [0.2, 0.25) is 0 Å². The van der Waals surface area contributed by atoms with Gasteiger partial charge in [0.1, 0.15) is 5.67 Å². The first-order chi connectivity index (χ1) is 5.74. The van der Waals surface area contributed by atoms with E-state index in [0.29, 0.717) is 6.42 Å². The minimum absolute atomic E-state index is 0.214. The molecule has 3 saturated heterocycles. The zero-order valence-corrected chi connectivity index (χ0v) is 7.43. The summed E-state index contributed by atoms with van der Waals surface area (Å²) < 4.78 is 14.1. The Morgan fingerprint density at radius 2 is 2.00 bits per heavy atom. The standard InChI is InChI=1S/C9H17FN2/c10-9(7-11)3-6-12-4-1-8(9)2-5-12/h8H,1-7,11H2. The monoisotopic (exact) mass is 172 g/mol. The average Bonchev–Trinajstić information content (AvgIpc) is 2.38. The van der Waals surface area contributed by atoms with Gasteiger partial charge in [0.25, 0.3) is 0 Å². The summed E-state index contributed by atoms with van der Waals surface area (Å²) in [5.74, 6) is 0.237. The molecule has 0 radical (unpaired) electrons. The van der Waals surface area contributed by atoms with Gasteiger partial charge in [0.05, 0.1) is 0 Å². The van der Waals surface area contributed by atoms with Crippen molar-refractivity contribution >= 4 is 0 Å². The van der Waals surface area contributed by atoms with Crippen molar-refractivity contribution < 1.29 is 4.39 Å². The smallest absolute Gasteiger partial charge is 0.127 e. The fourth-order valence-electron chi connectivity index (χ4n) is 2.49. The van der Waals surface area contributed by atoms with Crippen LogP contribution in [-0.2, 0) is 0 Å². The first kappa shape index (κ1) is 8.45. The molecule has 0 aliphatic carbocycles. The predicted molar refractivity (Wildman–Crippen MR) is 46.7 cm³/mol. The number of rotatable bonds is 1. The second-order valence-corrected chi connectivity index (χ2v) is 4.10. The lowest BCUT2D eigenvalue weighted by Crippen LogP contribution is -2.41. The Bertz CT molecular complexity index is 166. The molecular formula is C9H17FN2. The summed E-state index contributed by atoms with van der Waals surface area (Å²) in [6.07, 6.45) is 2.66. The molecule has 0 spiro atoms. The van der Waals surface area contributed by atoms with Gasteiger partial charge in [-0.3, -0.25) is 0 Å². The lowest BCUT2D eigenvalue weighted by Gasteiger charge is -2.32. The number of hydrogen-bond acceptors (Lipinski definition) is 2. The Labute approximate surface area is 72.9 Å². The summed E-state index contributed by atoms with van der Waals surface area (Å²) >= 11 is 0. The van der Waals surface area contributed by atoms with Gasteiger partial charge >= 0.3 is 0 Å². The van der Waals surface area contributed by atoms with Gasteiger partial charge in [-0.05, 0) is 38.3 Å². The first-order valence-corrected chi connectivity index (χ1v) is 4.86. The van der Waals surface area contributed by atoms with Crippen LogP contribution in [-0.4, -0.2) is 36.7 Å². The molecule has 3 aliphatic rings. The van der Waals surface area contributed by atoms with Gasteiger partial charge in [0, 0.05) is 13.1 Å². The zero-order chi connectivity index (χ0) is 8.60. The van der Waals surface area contributed by atoms with E-state index in [1.165, 1.54) is 0 Å².